The Morgan fingerprint density at radius 3 is 2.38 bits per heavy atom. The summed E-state index contributed by atoms with van der Waals surface area (Å²) in [4.78, 5) is 10.4. The monoisotopic (exact) mass is 400 g/mol. The zero-order valence-corrected chi connectivity index (χ0v) is 17.1. The molecule has 0 amide bonds. The summed E-state index contributed by atoms with van der Waals surface area (Å²) < 4.78 is 0.0884. The molecule has 1 heterocycles. The third-order valence-electron chi connectivity index (χ3n) is 4.37. The first kappa shape index (κ1) is 23.4. The van der Waals surface area contributed by atoms with Crippen LogP contribution in [0.1, 0.15) is 64.2 Å². The Labute approximate surface area is 166 Å². The maximum absolute atomic E-state index is 10.4. The molecule has 1 aliphatic rings. The number of carboxylic acids is 1. The molecule has 3 N–H and O–H groups in total. The number of hydrogen-bond donors (Lipinski definition) is 3. The maximum Gasteiger partial charge on any atom is 0.304 e. The Morgan fingerprint density at radius 2 is 1.77 bits per heavy atom. The topological polar surface area (TPSA) is 77.8 Å². The second-order valence-electron chi connectivity index (χ2n) is 6.66. The first-order valence-corrected chi connectivity index (χ1v) is 11.4. The molecule has 26 heavy (non-hydrogen) atoms. The van der Waals surface area contributed by atoms with E-state index in [1.165, 1.54) is 6.42 Å². The van der Waals surface area contributed by atoms with Crippen LogP contribution in [0, 0.1) is 11.8 Å². The summed E-state index contributed by atoms with van der Waals surface area (Å²) in [5.74, 6) is 7.14. The molecule has 1 saturated heterocycles. The van der Waals surface area contributed by atoms with Crippen molar-refractivity contribution in [2.45, 2.75) is 80.5 Å². The van der Waals surface area contributed by atoms with Gasteiger partial charge in [0.15, 0.2) is 0 Å². The van der Waals surface area contributed by atoms with Crippen LogP contribution in [0.15, 0.2) is 12.7 Å². The lowest BCUT2D eigenvalue weighted by molar-refractivity contribution is -0.136. The van der Waals surface area contributed by atoms with Crippen LogP contribution in [0.2, 0.25) is 0 Å². The van der Waals surface area contributed by atoms with Gasteiger partial charge in [-0.15, -0.1) is 41.9 Å². The highest BCUT2D eigenvalue weighted by Gasteiger charge is 2.34. The van der Waals surface area contributed by atoms with E-state index in [0.717, 1.165) is 43.6 Å². The lowest BCUT2D eigenvalue weighted by atomic mass is 10.0. The number of carboxylic acid groups (broad SMARTS) is 1. The second kappa shape index (κ2) is 13.5. The number of aliphatic carboxylic acids is 1. The van der Waals surface area contributed by atoms with E-state index in [1.807, 2.05) is 29.6 Å². The van der Waals surface area contributed by atoms with Crippen molar-refractivity contribution in [2.24, 2.45) is 0 Å². The Hall–Kier alpha value is -0.610. The van der Waals surface area contributed by atoms with E-state index in [-0.39, 0.29) is 16.6 Å². The number of aliphatic hydroxyl groups excluding tert-OH is 2. The van der Waals surface area contributed by atoms with Gasteiger partial charge in [0.25, 0.3) is 0 Å². The average Bonchev–Trinajstić information content (AvgIpc) is 2.63. The van der Waals surface area contributed by atoms with E-state index in [4.69, 9.17) is 5.11 Å². The van der Waals surface area contributed by atoms with Gasteiger partial charge in [-0.3, -0.25) is 4.79 Å². The third-order valence-corrected chi connectivity index (χ3v) is 7.93. The van der Waals surface area contributed by atoms with Crippen LogP contribution >= 0.6 is 23.5 Å². The predicted octanol–water partition coefficient (Wildman–Crippen LogP) is 4.06. The highest BCUT2D eigenvalue weighted by Crippen LogP contribution is 2.49. The van der Waals surface area contributed by atoms with E-state index in [2.05, 4.69) is 18.4 Å². The van der Waals surface area contributed by atoms with E-state index in [9.17, 15) is 15.0 Å². The lowest BCUT2D eigenvalue weighted by Gasteiger charge is -2.37. The normalized spacial score (nSPS) is 18.4. The molecule has 2 atom stereocenters. The summed E-state index contributed by atoms with van der Waals surface area (Å²) >= 11 is 3.95. The Balaban J connectivity index is 2.40. The first-order chi connectivity index (χ1) is 12.5. The van der Waals surface area contributed by atoms with Crippen LogP contribution in [0.4, 0.5) is 0 Å². The van der Waals surface area contributed by atoms with E-state index >= 15 is 0 Å². The number of allylic oxidation sites excluding steroid dienone is 1. The quantitative estimate of drug-likeness (QED) is 0.339. The maximum atomic E-state index is 10.4. The van der Waals surface area contributed by atoms with Crippen LogP contribution < -0.4 is 0 Å². The van der Waals surface area contributed by atoms with Crippen LogP contribution in [0.5, 0.6) is 0 Å². The fourth-order valence-electron chi connectivity index (χ4n) is 2.81. The van der Waals surface area contributed by atoms with E-state index in [1.54, 1.807) is 0 Å². The summed E-state index contributed by atoms with van der Waals surface area (Å²) in [5.41, 5.74) is 0. The second-order valence-corrected chi connectivity index (χ2v) is 9.88. The lowest BCUT2D eigenvalue weighted by Crippen LogP contribution is -2.28. The van der Waals surface area contributed by atoms with Gasteiger partial charge in [0.05, 0.1) is 22.7 Å². The Kier molecular flexibility index (Phi) is 12.2. The zero-order valence-electron chi connectivity index (χ0n) is 15.5. The van der Waals surface area contributed by atoms with E-state index < -0.39 is 12.1 Å². The van der Waals surface area contributed by atoms with Crippen molar-refractivity contribution in [1.82, 2.24) is 0 Å². The molecular weight excluding hydrogens is 368 g/mol. The minimum atomic E-state index is -0.844. The van der Waals surface area contributed by atoms with Crippen molar-refractivity contribution in [3.63, 3.8) is 0 Å². The molecular formula is C20H32O4S2. The minimum Gasteiger partial charge on any atom is -0.481 e. The molecule has 0 bridgehead atoms. The van der Waals surface area contributed by atoms with Crippen molar-refractivity contribution >= 4 is 29.5 Å². The first-order valence-electron chi connectivity index (χ1n) is 9.40. The van der Waals surface area contributed by atoms with Gasteiger partial charge in [-0.05, 0) is 56.5 Å². The van der Waals surface area contributed by atoms with Crippen molar-refractivity contribution in [1.29, 1.82) is 0 Å². The van der Waals surface area contributed by atoms with Gasteiger partial charge < -0.3 is 15.3 Å². The van der Waals surface area contributed by atoms with Gasteiger partial charge >= 0.3 is 5.97 Å². The fraction of sp³-hybridized carbons (Fsp3) is 0.750. The van der Waals surface area contributed by atoms with Gasteiger partial charge in [0, 0.05) is 12.8 Å². The van der Waals surface area contributed by atoms with Crippen LogP contribution in [-0.2, 0) is 4.79 Å². The number of thioether (sulfide) groups is 2. The van der Waals surface area contributed by atoms with Crippen molar-refractivity contribution in [3.8, 4) is 11.8 Å². The summed E-state index contributed by atoms with van der Waals surface area (Å²) in [6.45, 7) is 3.70. The standard InChI is InChI=1S/C20H32O4S2/c1-2-3-8-17(21)11-13-20(25-15-7-16-26-20)14-12-18(22)9-5-4-6-10-19(23)24/h2,17-18,21-22H,1,3,6-16H2,(H,23,24). The zero-order chi connectivity index (χ0) is 19.3. The molecule has 1 aliphatic heterocycles. The number of rotatable bonds is 12. The smallest absolute Gasteiger partial charge is 0.304 e. The van der Waals surface area contributed by atoms with Crippen LogP contribution in [0.25, 0.3) is 0 Å². The summed E-state index contributed by atoms with van der Waals surface area (Å²) in [6, 6.07) is 0. The highest BCUT2D eigenvalue weighted by atomic mass is 32.2. The molecule has 0 aromatic carbocycles. The molecule has 1 rings (SSSR count). The summed E-state index contributed by atoms with van der Waals surface area (Å²) in [7, 11) is 0. The molecule has 0 radical (unpaired) electrons. The van der Waals surface area contributed by atoms with E-state index in [0.29, 0.717) is 19.3 Å². The SMILES string of the molecule is C=CCCC(O)CCC1(CCC(O)CC#CCCC(=O)O)SCCCS1. The molecule has 148 valence electrons. The molecule has 0 aromatic heterocycles. The number of aliphatic hydroxyl groups is 2. The highest BCUT2D eigenvalue weighted by molar-refractivity contribution is 8.18. The van der Waals surface area contributed by atoms with Gasteiger partial charge in [0.1, 0.15) is 0 Å². The van der Waals surface area contributed by atoms with Gasteiger partial charge in [-0.1, -0.05) is 6.08 Å². The Morgan fingerprint density at radius 1 is 1.12 bits per heavy atom. The third kappa shape index (κ3) is 10.5. The largest absolute Gasteiger partial charge is 0.481 e. The Bertz CT molecular complexity index is 478. The van der Waals surface area contributed by atoms with Crippen LogP contribution in [0.3, 0.4) is 0 Å². The number of carbonyl (C=O) groups is 1. The fourth-order valence-corrected chi connectivity index (χ4v) is 6.19. The molecule has 6 heteroatoms. The minimum absolute atomic E-state index is 0.0493. The molecule has 4 nitrogen and oxygen atoms in total. The average molecular weight is 401 g/mol. The van der Waals surface area contributed by atoms with Gasteiger partial charge in [0.2, 0.25) is 0 Å². The van der Waals surface area contributed by atoms with Gasteiger partial charge in [-0.2, -0.15) is 0 Å². The van der Waals surface area contributed by atoms with Gasteiger partial charge in [-0.25, -0.2) is 0 Å². The predicted molar refractivity (Wildman–Crippen MR) is 111 cm³/mol. The molecule has 0 spiro atoms. The van der Waals surface area contributed by atoms with Crippen molar-refractivity contribution < 1.29 is 20.1 Å². The molecule has 0 saturated carbocycles. The molecule has 1 fully saturated rings. The van der Waals surface area contributed by atoms with Crippen molar-refractivity contribution in [2.75, 3.05) is 11.5 Å². The number of hydrogen-bond acceptors (Lipinski definition) is 5. The van der Waals surface area contributed by atoms with Crippen LogP contribution in [-0.4, -0.2) is 49.1 Å². The summed E-state index contributed by atoms with van der Waals surface area (Å²) in [5, 5.41) is 28.9. The molecule has 0 aromatic rings. The molecule has 0 aliphatic carbocycles. The molecule has 2 unspecified atom stereocenters. The summed E-state index contributed by atoms with van der Waals surface area (Å²) in [6.07, 6.45) is 8.04. The van der Waals surface area contributed by atoms with Crippen molar-refractivity contribution in [3.05, 3.63) is 12.7 Å².